The predicted octanol–water partition coefficient (Wildman–Crippen LogP) is 4.64. The van der Waals surface area contributed by atoms with E-state index in [0.717, 1.165) is 25.7 Å². The number of ketones is 1. The number of carbonyl (C=O) groups is 1. The largest absolute Gasteiger partial charge is 0.392 e. The number of nitrogens with zero attached hydrogens (tertiary/aromatic N) is 1. The molecule has 19 heavy (non-hydrogen) atoms. The summed E-state index contributed by atoms with van der Waals surface area (Å²) in [5.41, 5.74) is 0.671. The third-order valence-electron chi connectivity index (χ3n) is 3.69. The van der Waals surface area contributed by atoms with Gasteiger partial charge >= 0.3 is 0 Å². The summed E-state index contributed by atoms with van der Waals surface area (Å²) in [4.78, 5) is 17.1. The first kappa shape index (κ1) is 16.2. The molecular weight excluding hydrogens is 238 g/mol. The number of rotatable bonds is 11. The molecule has 110 valence electrons. The van der Waals surface area contributed by atoms with Gasteiger partial charge < -0.3 is 4.84 Å². The molecule has 3 heteroatoms. The van der Waals surface area contributed by atoms with Gasteiger partial charge in [-0.15, -0.1) is 0 Å². The average Bonchev–Trinajstić information content (AvgIpc) is 2.89. The molecule has 1 heterocycles. The van der Waals surface area contributed by atoms with Crippen molar-refractivity contribution >= 4 is 11.5 Å². The second-order valence-electron chi connectivity index (χ2n) is 5.55. The van der Waals surface area contributed by atoms with Gasteiger partial charge in [-0.05, 0) is 19.3 Å². The SMILES string of the molecule is CCCCCCCCC1CC(C(=O)CCCC)=NO1. The molecule has 0 aromatic rings. The van der Waals surface area contributed by atoms with Gasteiger partial charge in [0.1, 0.15) is 11.8 Å². The fourth-order valence-corrected chi connectivity index (χ4v) is 2.38. The minimum Gasteiger partial charge on any atom is -0.392 e. The van der Waals surface area contributed by atoms with E-state index in [-0.39, 0.29) is 11.9 Å². The highest BCUT2D eigenvalue weighted by molar-refractivity contribution is 6.40. The first-order valence-electron chi connectivity index (χ1n) is 8.03. The maximum absolute atomic E-state index is 11.8. The highest BCUT2D eigenvalue weighted by Crippen LogP contribution is 2.19. The number of Topliss-reactive ketones (excluding diaryl/α,β-unsaturated/α-hetero) is 1. The molecule has 0 saturated carbocycles. The molecule has 0 amide bonds. The smallest absolute Gasteiger partial charge is 0.180 e. The van der Waals surface area contributed by atoms with Crippen LogP contribution in [0.25, 0.3) is 0 Å². The van der Waals surface area contributed by atoms with Crippen molar-refractivity contribution in [1.82, 2.24) is 0 Å². The third-order valence-corrected chi connectivity index (χ3v) is 3.69. The Morgan fingerprint density at radius 3 is 2.53 bits per heavy atom. The maximum Gasteiger partial charge on any atom is 0.180 e. The van der Waals surface area contributed by atoms with E-state index >= 15 is 0 Å². The normalized spacial score (nSPS) is 18.2. The van der Waals surface area contributed by atoms with Gasteiger partial charge in [0.2, 0.25) is 0 Å². The molecule has 0 bridgehead atoms. The zero-order valence-electron chi connectivity index (χ0n) is 12.6. The first-order chi connectivity index (χ1) is 9.27. The average molecular weight is 267 g/mol. The Hall–Kier alpha value is -0.860. The molecule has 1 atom stereocenters. The van der Waals surface area contributed by atoms with Crippen molar-refractivity contribution in [2.24, 2.45) is 5.16 Å². The van der Waals surface area contributed by atoms with Crippen LogP contribution in [-0.2, 0) is 9.63 Å². The standard InChI is InChI=1S/C16H29NO2/c1-3-5-7-8-9-10-11-14-13-15(17-19-14)16(18)12-6-4-2/h14H,3-13H2,1-2H3. The van der Waals surface area contributed by atoms with Gasteiger partial charge in [0.25, 0.3) is 0 Å². The minimum absolute atomic E-state index is 0.159. The van der Waals surface area contributed by atoms with E-state index in [0.29, 0.717) is 12.1 Å². The van der Waals surface area contributed by atoms with Gasteiger partial charge in [-0.25, -0.2) is 0 Å². The van der Waals surface area contributed by atoms with Gasteiger partial charge in [-0.1, -0.05) is 57.5 Å². The Bertz CT molecular complexity index is 286. The Kier molecular flexibility index (Phi) is 8.52. The van der Waals surface area contributed by atoms with E-state index < -0.39 is 0 Å². The number of oxime groups is 1. The highest BCUT2D eigenvalue weighted by Gasteiger charge is 2.24. The van der Waals surface area contributed by atoms with E-state index in [4.69, 9.17) is 4.84 Å². The van der Waals surface area contributed by atoms with E-state index in [9.17, 15) is 4.79 Å². The molecular formula is C16H29NO2. The van der Waals surface area contributed by atoms with Crippen molar-refractivity contribution in [3.05, 3.63) is 0 Å². The van der Waals surface area contributed by atoms with Crippen LogP contribution < -0.4 is 0 Å². The van der Waals surface area contributed by atoms with Gasteiger partial charge in [-0.2, -0.15) is 0 Å². The van der Waals surface area contributed by atoms with E-state index in [1.807, 2.05) is 0 Å². The fourth-order valence-electron chi connectivity index (χ4n) is 2.38. The lowest BCUT2D eigenvalue weighted by Crippen LogP contribution is -2.15. The van der Waals surface area contributed by atoms with Gasteiger partial charge in [-0.3, -0.25) is 4.79 Å². The monoisotopic (exact) mass is 267 g/mol. The molecule has 0 fully saturated rings. The molecule has 0 N–H and O–H groups in total. The summed E-state index contributed by atoms with van der Waals surface area (Å²) < 4.78 is 0. The Morgan fingerprint density at radius 1 is 1.11 bits per heavy atom. The minimum atomic E-state index is 0.159. The lowest BCUT2D eigenvalue weighted by molar-refractivity contribution is -0.113. The van der Waals surface area contributed by atoms with Crippen molar-refractivity contribution in [3.8, 4) is 0 Å². The van der Waals surface area contributed by atoms with E-state index in [2.05, 4.69) is 19.0 Å². The van der Waals surface area contributed by atoms with Gasteiger partial charge in [0.15, 0.2) is 5.78 Å². The van der Waals surface area contributed by atoms with Crippen LogP contribution in [0.3, 0.4) is 0 Å². The molecule has 1 aliphatic heterocycles. The topological polar surface area (TPSA) is 38.7 Å². The molecule has 0 radical (unpaired) electrons. The molecule has 3 nitrogen and oxygen atoms in total. The third kappa shape index (κ3) is 6.74. The lowest BCUT2D eigenvalue weighted by atomic mass is 10.0. The number of carbonyl (C=O) groups excluding carboxylic acids is 1. The van der Waals surface area contributed by atoms with Gasteiger partial charge in [0.05, 0.1) is 0 Å². The Morgan fingerprint density at radius 2 is 1.79 bits per heavy atom. The summed E-state index contributed by atoms with van der Waals surface area (Å²) in [6.07, 6.45) is 12.4. The van der Waals surface area contributed by atoms with Crippen molar-refractivity contribution in [2.45, 2.75) is 90.6 Å². The summed E-state index contributed by atoms with van der Waals surface area (Å²) in [6, 6.07) is 0. The second-order valence-corrected chi connectivity index (χ2v) is 5.55. The molecule has 1 rings (SSSR count). The first-order valence-corrected chi connectivity index (χ1v) is 8.03. The molecule has 1 aliphatic rings. The van der Waals surface area contributed by atoms with Crippen molar-refractivity contribution < 1.29 is 9.63 Å². The fraction of sp³-hybridized carbons (Fsp3) is 0.875. The zero-order valence-corrected chi connectivity index (χ0v) is 12.6. The Balaban J connectivity index is 2.05. The maximum atomic E-state index is 11.8. The summed E-state index contributed by atoms with van der Waals surface area (Å²) in [6.45, 7) is 4.34. The summed E-state index contributed by atoms with van der Waals surface area (Å²) >= 11 is 0. The van der Waals surface area contributed by atoms with Crippen molar-refractivity contribution in [1.29, 1.82) is 0 Å². The molecule has 0 saturated heterocycles. The molecule has 0 aromatic carbocycles. The van der Waals surface area contributed by atoms with Crippen molar-refractivity contribution in [2.75, 3.05) is 0 Å². The number of unbranched alkanes of at least 4 members (excludes halogenated alkanes) is 6. The van der Waals surface area contributed by atoms with Crippen LogP contribution in [0.1, 0.15) is 84.5 Å². The van der Waals surface area contributed by atoms with Crippen LogP contribution in [0.4, 0.5) is 0 Å². The van der Waals surface area contributed by atoms with Crippen LogP contribution >= 0.6 is 0 Å². The Labute approximate surface area is 117 Å². The van der Waals surface area contributed by atoms with Crippen LogP contribution in [0.15, 0.2) is 5.16 Å². The summed E-state index contributed by atoms with van der Waals surface area (Å²) in [5, 5.41) is 3.97. The van der Waals surface area contributed by atoms with Crippen LogP contribution in [0.2, 0.25) is 0 Å². The van der Waals surface area contributed by atoms with E-state index in [1.165, 1.54) is 38.5 Å². The van der Waals surface area contributed by atoms with E-state index in [1.54, 1.807) is 0 Å². The van der Waals surface area contributed by atoms with Gasteiger partial charge in [0, 0.05) is 12.8 Å². The zero-order chi connectivity index (χ0) is 13.9. The summed E-state index contributed by atoms with van der Waals surface area (Å²) in [7, 11) is 0. The quantitative estimate of drug-likeness (QED) is 0.511. The van der Waals surface area contributed by atoms with Crippen LogP contribution in [0, 0.1) is 0 Å². The second kappa shape index (κ2) is 9.99. The molecule has 1 unspecified atom stereocenters. The van der Waals surface area contributed by atoms with Crippen LogP contribution in [-0.4, -0.2) is 17.6 Å². The predicted molar refractivity (Wildman–Crippen MR) is 79.5 cm³/mol. The lowest BCUT2D eigenvalue weighted by Gasteiger charge is -2.07. The van der Waals surface area contributed by atoms with Crippen LogP contribution in [0.5, 0.6) is 0 Å². The highest BCUT2D eigenvalue weighted by atomic mass is 16.6. The molecule has 0 aliphatic carbocycles. The summed E-state index contributed by atoms with van der Waals surface area (Å²) in [5.74, 6) is 0.187. The molecule has 0 spiro atoms. The number of hydrogen-bond acceptors (Lipinski definition) is 3. The molecule has 0 aromatic heterocycles. The number of hydrogen-bond donors (Lipinski definition) is 0. The van der Waals surface area contributed by atoms with Crippen molar-refractivity contribution in [3.63, 3.8) is 0 Å².